The molecule has 2 heterocycles. The van der Waals surface area contributed by atoms with Crippen molar-refractivity contribution in [2.45, 2.75) is 44.3 Å². The van der Waals surface area contributed by atoms with Crippen LogP contribution >= 0.6 is 0 Å². The lowest BCUT2D eigenvalue weighted by atomic mass is 10.2. The highest BCUT2D eigenvalue weighted by Gasteiger charge is 2.33. The van der Waals surface area contributed by atoms with Gasteiger partial charge in [-0.25, -0.2) is 5.84 Å². The first-order valence-electron chi connectivity index (χ1n) is 6.15. The number of morpholine rings is 1. The first-order valence-corrected chi connectivity index (χ1v) is 6.15. The summed E-state index contributed by atoms with van der Waals surface area (Å²) in [4.78, 5) is 13.4. The van der Waals surface area contributed by atoms with E-state index in [1.807, 2.05) is 0 Å². The van der Waals surface area contributed by atoms with Crippen molar-refractivity contribution < 1.29 is 9.53 Å². The second kappa shape index (κ2) is 5.61. The van der Waals surface area contributed by atoms with Gasteiger partial charge in [0.15, 0.2) is 0 Å². The van der Waals surface area contributed by atoms with Crippen molar-refractivity contribution in [3.05, 3.63) is 0 Å². The molecule has 3 N–H and O–H groups in total. The summed E-state index contributed by atoms with van der Waals surface area (Å²) in [5, 5.41) is 0. The van der Waals surface area contributed by atoms with Crippen LogP contribution in [0.15, 0.2) is 0 Å². The lowest BCUT2D eigenvalue weighted by Gasteiger charge is -2.31. The average Bonchev–Trinajstić information content (AvgIpc) is 2.64. The van der Waals surface area contributed by atoms with Crippen LogP contribution in [0.5, 0.6) is 0 Å². The Hall–Kier alpha value is -0.650. The number of amides is 1. The van der Waals surface area contributed by atoms with E-state index in [0.717, 1.165) is 32.5 Å². The van der Waals surface area contributed by atoms with Crippen molar-refractivity contribution in [3.63, 3.8) is 0 Å². The smallest absolute Gasteiger partial charge is 0.233 e. The zero-order valence-electron chi connectivity index (χ0n) is 9.65. The van der Waals surface area contributed by atoms with Crippen LogP contribution in [0.1, 0.15) is 32.1 Å². The number of hydrogen-bond acceptors (Lipinski definition) is 4. The van der Waals surface area contributed by atoms with E-state index in [2.05, 4.69) is 10.3 Å². The van der Waals surface area contributed by atoms with E-state index in [0.29, 0.717) is 18.6 Å². The van der Waals surface area contributed by atoms with Crippen LogP contribution in [0.3, 0.4) is 0 Å². The SMILES string of the molecule is NNC(=O)CCCCN1CC2CCC(C1)O2. The van der Waals surface area contributed by atoms with E-state index in [-0.39, 0.29) is 5.91 Å². The van der Waals surface area contributed by atoms with Gasteiger partial charge in [0.25, 0.3) is 0 Å². The van der Waals surface area contributed by atoms with Crippen molar-refractivity contribution in [1.82, 2.24) is 10.3 Å². The van der Waals surface area contributed by atoms with E-state index < -0.39 is 0 Å². The minimum absolute atomic E-state index is 0.0675. The predicted molar refractivity (Wildman–Crippen MR) is 60.5 cm³/mol. The van der Waals surface area contributed by atoms with Crippen LogP contribution in [0.25, 0.3) is 0 Å². The first kappa shape index (κ1) is 11.8. The molecule has 2 rings (SSSR count). The van der Waals surface area contributed by atoms with Crippen LogP contribution in [-0.2, 0) is 9.53 Å². The number of rotatable bonds is 5. The third-order valence-corrected chi connectivity index (χ3v) is 3.41. The molecule has 0 saturated carbocycles. The fourth-order valence-corrected chi connectivity index (χ4v) is 2.57. The number of fused-ring (bicyclic) bond motifs is 2. The lowest BCUT2D eigenvalue weighted by molar-refractivity contribution is -0.121. The fraction of sp³-hybridized carbons (Fsp3) is 0.909. The Balaban J connectivity index is 1.58. The Labute approximate surface area is 96.3 Å². The maximum Gasteiger partial charge on any atom is 0.233 e. The van der Waals surface area contributed by atoms with Crippen molar-refractivity contribution in [3.8, 4) is 0 Å². The molecule has 0 aliphatic carbocycles. The summed E-state index contributed by atoms with van der Waals surface area (Å²) < 4.78 is 5.77. The van der Waals surface area contributed by atoms with Crippen LogP contribution in [-0.4, -0.2) is 42.6 Å². The van der Waals surface area contributed by atoms with Crippen molar-refractivity contribution in [2.75, 3.05) is 19.6 Å². The van der Waals surface area contributed by atoms with Crippen LogP contribution in [0, 0.1) is 0 Å². The standard InChI is InChI=1S/C11H21N3O2/c12-13-11(15)3-1-2-6-14-7-9-4-5-10(8-14)16-9/h9-10H,1-8,12H2,(H,13,15). The second-order valence-electron chi connectivity index (χ2n) is 4.74. The Morgan fingerprint density at radius 1 is 1.31 bits per heavy atom. The number of carbonyl (C=O) groups excluding carboxylic acids is 1. The molecule has 1 amide bonds. The van der Waals surface area contributed by atoms with E-state index >= 15 is 0 Å². The summed E-state index contributed by atoms with van der Waals surface area (Å²) in [5.41, 5.74) is 2.15. The van der Waals surface area contributed by atoms with Crippen molar-refractivity contribution >= 4 is 5.91 Å². The summed E-state index contributed by atoms with van der Waals surface area (Å²) in [7, 11) is 0. The molecule has 5 nitrogen and oxygen atoms in total. The fourth-order valence-electron chi connectivity index (χ4n) is 2.57. The Morgan fingerprint density at radius 2 is 2.00 bits per heavy atom. The average molecular weight is 227 g/mol. The molecule has 2 fully saturated rings. The number of likely N-dealkylation sites (tertiary alicyclic amines) is 1. The molecule has 2 aliphatic rings. The molecule has 5 heteroatoms. The van der Waals surface area contributed by atoms with Gasteiger partial charge in [0, 0.05) is 19.5 Å². The van der Waals surface area contributed by atoms with Gasteiger partial charge in [-0.3, -0.25) is 15.1 Å². The summed E-state index contributed by atoms with van der Waals surface area (Å²) in [5.74, 6) is 4.95. The zero-order valence-corrected chi connectivity index (χ0v) is 9.65. The molecule has 0 aromatic carbocycles. The van der Waals surface area contributed by atoms with Gasteiger partial charge < -0.3 is 4.74 Å². The number of hydrazine groups is 1. The maximum atomic E-state index is 10.9. The third kappa shape index (κ3) is 3.17. The monoisotopic (exact) mass is 227 g/mol. The number of hydrogen-bond donors (Lipinski definition) is 2. The summed E-state index contributed by atoms with van der Waals surface area (Å²) in [6.45, 7) is 3.22. The van der Waals surface area contributed by atoms with Gasteiger partial charge in [-0.05, 0) is 32.2 Å². The molecular formula is C11H21N3O2. The van der Waals surface area contributed by atoms with Crippen LogP contribution < -0.4 is 11.3 Å². The number of unbranched alkanes of at least 4 members (excludes halogenated alkanes) is 1. The molecule has 2 atom stereocenters. The van der Waals surface area contributed by atoms with Crippen molar-refractivity contribution in [1.29, 1.82) is 0 Å². The largest absolute Gasteiger partial charge is 0.372 e. The molecule has 0 aromatic rings. The molecule has 2 aliphatic heterocycles. The highest BCUT2D eigenvalue weighted by Crippen LogP contribution is 2.26. The molecule has 0 spiro atoms. The molecular weight excluding hydrogens is 206 g/mol. The molecule has 92 valence electrons. The highest BCUT2D eigenvalue weighted by molar-refractivity contribution is 5.75. The molecule has 0 aromatic heterocycles. The Kier molecular flexibility index (Phi) is 4.15. The molecule has 0 radical (unpaired) electrons. The predicted octanol–water partition coefficient (Wildman–Crippen LogP) is 0.00980. The second-order valence-corrected chi connectivity index (χ2v) is 4.74. The van der Waals surface area contributed by atoms with Gasteiger partial charge in [0.1, 0.15) is 0 Å². The Morgan fingerprint density at radius 3 is 2.62 bits per heavy atom. The molecule has 16 heavy (non-hydrogen) atoms. The highest BCUT2D eigenvalue weighted by atomic mass is 16.5. The third-order valence-electron chi connectivity index (χ3n) is 3.41. The Bertz CT molecular complexity index is 235. The van der Waals surface area contributed by atoms with Gasteiger partial charge >= 0.3 is 0 Å². The van der Waals surface area contributed by atoms with Crippen molar-refractivity contribution in [2.24, 2.45) is 5.84 Å². The number of carbonyl (C=O) groups is 1. The van der Waals surface area contributed by atoms with Gasteiger partial charge in [0.05, 0.1) is 12.2 Å². The summed E-state index contributed by atoms with van der Waals surface area (Å²) >= 11 is 0. The maximum absolute atomic E-state index is 10.9. The number of ether oxygens (including phenoxy) is 1. The minimum Gasteiger partial charge on any atom is -0.372 e. The minimum atomic E-state index is -0.0675. The lowest BCUT2D eigenvalue weighted by Crippen LogP contribution is -2.42. The van der Waals surface area contributed by atoms with Gasteiger partial charge in [0.2, 0.25) is 5.91 Å². The number of nitrogens with zero attached hydrogens (tertiary/aromatic N) is 1. The first-order chi connectivity index (χ1) is 7.78. The van der Waals surface area contributed by atoms with E-state index in [9.17, 15) is 4.79 Å². The van der Waals surface area contributed by atoms with Crippen LogP contribution in [0.4, 0.5) is 0 Å². The molecule has 2 unspecified atom stereocenters. The zero-order chi connectivity index (χ0) is 11.4. The summed E-state index contributed by atoms with van der Waals surface area (Å²) in [6, 6.07) is 0. The van der Waals surface area contributed by atoms with E-state index in [1.54, 1.807) is 0 Å². The van der Waals surface area contributed by atoms with E-state index in [1.165, 1.54) is 12.8 Å². The number of nitrogens with one attached hydrogen (secondary N) is 1. The summed E-state index contributed by atoms with van der Waals surface area (Å²) in [6.07, 6.45) is 5.88. The quantitative estimate of drug-likeness (QED) is 0.300. The van der Waals surface area contributed by atoms with Gasteiger partial charge in [-0.1, -0.05) is 0 Å². The van der Waals surface area contributed by atoms with E-state index in [4.69, 9.17) is 10.6 Å². The number of nitrogens with two attached hydrogens (primary N) is 1. The molecule has 2 bridgehead atoms. The van der Waals surface area contributed by atoms with Gasteiger partial charge in [-0.15, -0.1) is 0 Å². The topological polar surface area (TPSA) is 67.6 Å². The normalized spacial score (nSPS) is 29.3. The van der Waals surface area contributed by atoms with Crippen LogP contribution in [0.2, 0.25) is 0 Å². The van der Waals surface area contributed by atoms with Gasteiger partial charge in [-0.2, -0.15) is 0 Å². The molecule has 2 saturated heterocycles.